The van der Waals surface area contributed by atoms with E-state index in [1.165, 1.54) is 10.4 Å². The average Bonchev–Trinajstić information content (AvgIpc) is 3.03. The quantitative estimate of drug-likeness (QED) is 0.935. The number of thiophene rings is 1. The van der Waals surface area contributed by atoms with Crippen LogP contribution in [0, 0.1) is 25.2 Å². The molecule has 0 bridgehead atoms. The van der Waals surface area contributed by atoms with Gasteiger partial charge in [0.15, 0.2) is 5.82 Å². The second-order valence-electron chi connectivity index (χ2n) is 6.07. The van der Waals surface area contributed by atoms with E-state index in [1.54, 1.807) is 0 Å². The maximum Gasteiger partial charge on any atom is 0.166 e. The lowest BCUT2D eigenvalue weighted by Gasteiger charge is -2.32. The summed E-state index contributed by atoms with van der Waals surface area (Å²) in [6, 6.07) is 4.84. The number of fused-ring (bicyclic) bond motifs is 1. The summed E-state index contributed by atoms with van der Waals surface area (Å²) in [5, 5.41) is 23.1. The van der Waals surface area contributed by atoms with Gasteiger partial charge in [-0.15, -0.1) is 16.4 Å². The van der Waals surface area contributed by atoms with Crippen LogP contribution >= 0.6 is 11.3 Å². The summed E-state index contributed by atoms with van der Waals surface area (Å²) in [6.45, 7) is 8.85. The van der Waals surface area contributed by atoms with E-state index in [9.17, 15) is 5.26 Å². The van der Waals surface area contributed by atoms with Gasteiger partial charge in [-0.05, 0) is 49.8 Å². The monoisotopic (exact) mass is 327 g/mol. The Morgan fingerprint density at radius 2 is 2.26 bits per heavy atom. The van der Waals surface area contributed by atoms with Gasteiger partial charge in [-0.3, -0.25) is 4.90 Å². The molecular formula is C17H21N5S. The summed E-state index contributed by atoms with van der Waals surface area (Å²) >= 11 is 1.86. The fraction of sp³-hybridized carbons (Fsp3) is 0.471. The number of hydrogen-bond acceptors (Lipinski definition) is 6. The molecule has 0 unspecified atom stereocenters. The van der Waals surface area contributed by atoms with Gasteiger partial charge in [-0.25, -0.2) is 0 Å². The molecule has 0 aromatic carbocycles. The first-order chi connectivity index (χ1) is 11.1. The molecule has 23 heavy (non-hydrogen) atoms. The summed E-state index contributed by atoms with van der Waals surface area (Å²) in [6.07, 6.45) is 1.13. The van der Waals surface area contributed by atoms with Gasteiger partial charge in [0.2, 0.25) is 0 Å². The summed E-state index contributed by atoms with van der Waals surface area (Å²) in [4.78, 5) is 4.00. The molecule has 5 nitrogen and oxygen atoms in total. The van der Waals surface area contributed by atoms with Gasteiger partial charge in [0.05, 0.1) is 5.69 Å². The number of nitrogens with one attached hydrogen (secondary N) is 1. The van der Waals surface area contributed by atoms with Gasteiger partial charge >= 0.3 is 0 Å². The van der Waals surface area contributed by atoms with Crippen LogP contribution in [0.4, 0.5) is 5.82 Å². The van der Waals surface area contributed by atoms with Crippen molar-refractivity contribution in [1.82, 2.24) is 15.1 Å². The van der Waals surface area contributed by atoms with E-state index in [0.717, 1.165) is 37.3 Å². The Labute approximate surface area is 141 Å². The van der Waals surface area contributed by atoms with Crippen LogP contribution in [0.15, 0.2) is 11.4 Å². The number of rotatable bonds is 4. The molecule has 3 rings (SSSR count). The van der Waals surface area contributed by atoms with Crippen molar-refractivity contribution in [2.24, 2.45) is 0 Å². The first kappa shape index (κ1) is 15.9. The van der Waals surface area contributed by atoms with Crippen molar-refractivity contribution in [2.75, 3.05) is 18.4 Å². The molecule has 1 atom stereocenters. The molecule has 3 heterocycles. The second kappa shape index (κ2) is 6.65. The molecule has 120 valence electrons. The van der Waals surface area contributed by atoms with Crippen LogP contribution in [0.3, 0.4) is 0 Å². The smallest absolute Gasteiger partial charge is 0.166 e. The van der Waals surface area contributed by atoms with Crippen molar-refractivity contribution in [3.05, 3.63) is 38.7 Å². The van der Waals surface area contributed by atoms with E-state index >= 15 is 0 Å². The highest BCUT2D eigenvalue weighted by molar-refractivity contribution is 7.10. The molecule has 0 amide bonds. The number of anilines is 1. The van der Waals surface area contributed by atoms with Crippen molar-refractivity contribution < 1.29 is 0 Å². The van der Waals surface area contributed by atoms with Crippen molar-refractivity contribution in [2.45, 2.75) is 39.8 Å². The third-order valence-electron chi connectivity index (χ3n) is 4.59. The van der Waals surface area contributed by atoms with Crippen LogP contribution < -0.4 is 5.32 Å². The number of hydrogen-bond donors (Lipinski definition) is 1. The van der Waals surface area contributed by atoms with Crippen molar-refractivity contribution in [3.63, 3.8) is 0 Å². The Bertz CT molecular complexity index is 746. The second-order valence-corrected chi connectivity index (χ2v) is 7.07. The van der Waals surface area contributed by atoms with Gasteiger partial charge in [0, 0.05) is 30.6 Å². The highest BCUT2D eigenvalue weighted by Gasteiger charge is 2.21. The molecule has 2 aromatic heterocycles. The lowest BCUT2D eigenvalue weighted by Crippen LogP contribution is -2.41. The van der Waals surface area contributed by atoms with Crippen LogP contribution in [0.1, 0.15) is 34.2 Å². The minimum Gasteiger partial charge on any atom is -0.366 e. The number of aryl methyl sites for hydroxylation is 1. The van der Waals surface area contributed by atoms with Crippen molar-refractivity contribution in [3.8, 4) is 6.07 Å². The van der Waals surface area contributed by atoms with Gasteiger partial charge in [-0.2, -0.15) is 10.4 Å². The van der Waals surface area contributed by atoms with Crippen LogP contribution in [0.2, 0.25) is 0 Å². The Morgan fingerprint density at radius 1 is 1.43 bits per heavy atom. The third-order valence-corrected chi connectivity index (χ3v) is 5.61. The minimum atomic E-state index is 0.373. The number of nitriles is 1. The van der Waals surface area contributed by atoms with E-state index in [2.05, 4.69) is 44.9 Å². The van der Waals surface area contributed by atoms with E-state index in [0.29, 0.717) is 17.4 Å². The predicted octanol–water partition coefficient (Wildman–Crippen LogP) is 2.89. The Hall–Kier alpha value is -1.97. The minimum absolute atomic E-state index is 0.373. The van der Waals surface area contributed by atoms with E-state index in [1.807, 2.05) is 25.2 Å². The number of nitrogens with zero attached hydrogens (tertiary/aromatic N) is 4. The molecular weight excluding hydrogens is 306 g/mol. The molecule has 1 N–H and O–H groups in total. The largest absolute Gasteiger partial charge is 0.366 e. The van der Waals surface area contributed by atoms with E-state index < -0.39 is 0 Å². The molecule has 0 spiro atoms. The van der Waals surface area contributed by atoms with Gasteiger partial charge in [0.25, 0.3) is 0 Å². The lowest BCUT2D eigenvalue weighted by molar-refractivity contribution is 0.200. The fourth-order valence-corrected chi connectivity index (χ4v) is 3.78. The summed E-state index contributed by atoms with van der Waals surface area (Å²) in [5.41, 5.74) is 3.76. The number of aromatic nitrogens is 2. The van der Waals surface area contributed by atoms with Gasteiger partial charge in [-0.1, -0.05) is 0 Å². The van der Waals surface area contributed by atoms with Crippen molar-refractivity contribution >= 4 is 17.2 Å². The molecule has 6 heteroatoms. The maximum atomic E-state index is 9.36. The van der Waals surface area contributed by atoms with Crippen LogP contribution in [-0.2, 0) is 13.0 Å². The maximum absolute atomic E-state index is 9.36. The Balaban J connectivity index is 1.65. The van der Waals surface area contributed by atoms with Crippen molar-refractivity contribution in [1.29, 1.82) is 5.26 Å². The Kier molecular flexibility index (Phi) is 4.60. The van der Waals surface area contributed by atoms with Gasteiger partial charge < -0.3 is 5.32 Å². The third kappa shape index (κ3) is 3.21. The first-order valence-corrected chi connectivity index (χ1v) is 8.75. The molecule has 0 saturated heterocycles. The van der Waals surface area contributed by atoms with E-state index in [4.69, 9.17) is 0 Å². The van der Waals surface area contributed by atoms with Crippen LogP contribution in [0.5, 0.6) is 0 Å². The first-order valence-electron chi connectivity index (χ1n) is 7.87. The fourth-order valence-electron chi connectivity index (χ4n) is 2.89. The predicted molar refractivity (Wildman–Crippen MR) is 92.6 cm³/mol. The topological polar surface area (TPSA) is 64.8 Å². The molecule has 0 radical (unpaired) electrons. The van der Waals surface area contributed by atoms with E-state index in [-0.39, 0.29) is 0 Å². The SMILES string of the molecule is Cc1nnc(NC[C@H](C)N2CCc3sccc3C2)c(C#N)c1C. The van der Waals surface area contributed by atoms with Crippen LogP contribution in [0.25, 0.3) is 0 Å². The summed E-state index contributed by atoms with van der Waals surface area (Å²) in [7, 11) is 0. The molecule has 1 aliphatic heterocycles. The standard InChI is InChI=1S/C17H21N5S/c1-11(22-6-4-16-14(10-22)5-7-23-16)9-19-17-15(8-18)12(2)13(3)20-21-17/h5,7,11H,4,6,9-10H2,1-3H3,(H,19,21)/t11-/m0/s1. The molecule has 1 aliphatic rings. The lowest BCUT2D eigenvalue weighted by atomic mass is 10.1. The zero-order chi connectivity index (χ0) is 16.4. The average molecular weight is 327 g/mol. The highest BCUT2D eigenvalue weighted by Crippen LogP contribution is 2.25. The molecule has 0 saturated carbocycles. The summed E-state index contributed by atoms with van der Waals surface area (Å²) in [5.74, 6) is 0.593. The zero-order valence-corrected chi connectivity index (χ0v) is 14.6. The highest BCUT2D eigenvalue weighted by atomic mass is 32.1. The molecule has 0 fully saturated rings. The molecule has 0 aliphatic carbocycles. The Morgan fingerprint density at radius 3 is 3.04 bits per heavy atom. The normalized spacial score (nSPS) is 15.7. The zero-order valence-electron chi connectivity index (χ0n) is 13.8. The van der Waals surface area contributed by atoms with Crippen LogP contribution in [-0.4, -0.2) is 34.2 Å². The molecule has 2 aromatic rings. The summed E-state index contributed by atoms with van der Waals surface area (Å²) < 4.78 is 0. The van der Waals surface area contributed by atoms with Gasteiger partial charge in [0.1, 0.15) is 11.6 Å².